The molecule has 0 atom stereocenters. The van der Waals surface area contributed by atoms with E-state index in [1.165, 1.54) is 11.1 Å². The van der Waals surface area contributed by atoms with E-state index in [1.807, 2.05) is 18.2 Å². The molecular formula is C26H26ClN3O2. The molecule has 0 aliphatic carbocycles. The van der Waals surface area contributed by atoms with Gasteiger partial charge in [-0.05, 0) is 53.4 Å². The van der Waals surface area contributed by atoms with Crippen LogP contribution in [0.4, 0.5) is 0 Å². The maximum absolute atomic E-state index is 12.3. The minimum atomic E-state index is -0.208. The van der Waals surface area contributed by atoms with Gasteiger partial charge in [-0.3, -0.25) is 4.79 Å². The molecule has 6 heteroatoms. The van der Waals surface area contributed by atoms with E-state index in [0.29, 0.717) is 29.8 Å². The van der Waals surface area contributed by atoms with Gasteiger partial charge in [-0.25, -0.2) is 4.98 Å². The van der Waals surface area contributed by atoms with E-state index in [1.54, 1.807) is 24.3 Å². The summed E-state index contributed by atoms with van der Waals surface area (Å²) in [5.74, 6) is 1.69. The molecule has 1 aromatic heterocycles. The Morgan fingerprint density at radius 2 is 1.75 bits per heavy atom. The molecule has 3 aromatic carbocycles. The highest BCUT2D eigenvalue weighted by atomic mass is 35.5. The molecule has 0 saturated carbocycles. The summed E-state index contributed by atoms with van der Waals surface area (Å²) in [6.45, 7) is 5.32. The molecule has 0 spiro atoms. The number of halogens is 1. The molecule has 4 rings (SSSR count). The van der Waals surface area contributed by atoms with Crippen molar-refractivity contribution >= 4 is 28.5 Å². The van der Waals surface area contributed by atoms with Crippen molar-refractivity contribution in [3.8, 4) is 5.75 Å². The number of rotatable bonds is 8. The largest absolute Gasteiger partial charge is 0.484 e. The highest BCUT2D eigenvalue weighted by molar-refractivity contribution is 6.30. The predicted octanol–water partition coefficient (Wildman–Crippen LogP) is 5.56. The Labute approximate surface area is 193 Å². The van der Waals surface area contributed by atoms with Crippen LogP contribution in [0.25, 0.3) is 11.0 Å². The van der Waals surface area contributed by atoms with Crippen molar-refractivity contribution in [1.82, 2.24) is 14.9 Å². The zero-order chi connectivity index (χ0) is 22.5. The number of hydrogen-bond acceptors (Lipinski definition) is 3. The molecule has 0 aliphatic rings. The van der Waals surface area contributed by atoms with E-state index in [4.69, 9.17) is 21.3 Å². The number of nitrogens with zero attached hydrogens (tertiary/aromatic N) is 2. The second-order valence-corrected chi connectivity index (χ2v) is 8.45. The van der Waals surface area contributed by atoms with E-state index >= 15 is 0 Å². The molecule has 5 nitrogen and oxygen atoms in total. The summed E-state index contributed by atoms with van der Waals surface area (Å²) in [5.41, 5.74) is 4.46. The maximum Gasteiger partial charge on any atom is 0.258 e. The van der Waals surface area contributed by atoms with Crippen LogP contribution in [0.3, 0.4) is 0 Å². The molecule has 32 heavy (non-hydrogen) atoms. The highest BCUT2D eigenvalue weighted by Crippen LogP contribution is 2.20. The number of imidazole rings is 1. The minimum absolute atomic E-state index is 0.0709. The van der Waals surface area contributed by atoms with E-state index in [9.17, 15) is 4.79 Å². The summed E-state index contributed by atoms with van der Waals surface area (Å²) in [7, 11) is 0. The number of para-hydroxylation sites is 2. The Morgan fingerprint density at radius 3 is 2.47 bits per heavy atom. The number of amides is 1. The van der Waals surface area contributed by atoms with Crippen molar-refractivity contribution in [1.29, 1.82) is 0 Å². The number of carbonyl (C=O) groups excluding carboxylic acids is 1. The number of nitrogens with one attached hydrogen (secondary N) is 1. The fourth-order valence-electron chi connectivity index (χ4n) is 3.54. The summed E-state index contributed by atoms with van der Waals surface area (Å²) < 4.78 is 7.68. The first-order chi connectivity index (χ1) is 15.5. The van der Waals surface area contributed by atoms with Gasteiger partial charge in [0.2, 0.25) is 0 Å². The number of benzene rings is 3. The summed E-state index contributed by atoms with van der Waals surface area (Å²) in [4.78, 5) is 17.1. The standard InChI is InChI=1S/C26H26ClN3O2/c1-18(2)20-9-7-19(8-10-20)16-30-24-6-4-3-5-23(24)29-25(30)15-28-26(31)17-32-22-13-11-21(27)12-14-22/h3-14,18H,15-17H2,1-2H3,(H,28,31). The molecule has 0 aliphatic heterocycles. The summed E-state index contributed by atoms with van der Waals surface area (Å²) >= 11 is 5.88. The van der Waals surface area contributed by atoms with Crippen molar-refractivity contribution < 1.29 is 9.53 Å². The summed E-state index contributed by atoms with van der Waals surface area (Å²) in [5, 5.41) is 3.54. The lowest BCUT2D eigenvalue weighted by Crippen LogP contribution is -2.29. The predicted molar refractivity (Wildman–Crippen MR) is 128 cm³/mol. The molecular weight excluding hydrogens is 422 g/mol. The number of carbonyl (C=O) groups is 1. The first kappa shape index (κ1) is 21.9. The molecule has 0 saturated heterocycles. The molecule has 4 aromatic rings. The van der Waals surface area contributed by atoms with Crippen molar-refractivity contribution in [2.45, 2.75) is 32.9 Å². The second kappa shape index (κ2) is 9.88. The van der Waals surface area contributed by atoms with E-state index < -0.39 is 0 Å². The van der Waals surface area contributed by atoms with Gasteiger partial charge in [0, 0.05) is 11.6 Å². The Hall–Kier alpha value is -3.31. The number of fused-ring (bicyclic) bond motifs is 1. The average molecular weight is 448 g/mol. The first-order valence-corrected chi connectivity index (χ1v) is 11.1. The third-order valence-electron chi connectivity index (χ3n) is 5.35. The molecule has 1 N–H and O–H groups in total. The SMILES string of the molecule is CC(C)c1ccc(Cn2c(CNC(=O)COc3ccc(Cl)cc3)nc3ccccc32)cc1. The molecule has 164 valence electrons. The Kier molecular flexibility index (Phi) is 6.76. The highest BCUT2D eigenvalue weighted by Gasteiger charge is 2.13. The van der Waals surface area contributed by atoms with Crippen LogP contribution in [0.5, 0.6) is 5.75 Å². The van der Waals surface area contributed by atoms with E-state index in [-0.39, 0.29) is 12.5 Å². The third kappa shape index (κ3) is 5.29. The van der Waals surface area contributed by atoms with Gasteiger partial charge in [0.05, 0.1) is 17.6 Å². The normalized spacial score (nSPS) is 11.1. The number of aromatic nitrogens is 2. The molecule has 0 unspecified atom stereocenters. The van der Waals surface area contributed by atoms with Crippen molar-refractivity contribution in [2.75, 3.05) is 6.61 Å². The van der Waals surface area contributed by atoms with Gasteiger partial charge in [-0.2, -0.15) is 0 Å². The van der Waals surface area contributed by atoms with E-state index in [0.717, 1.165) is 16.9 Å². The zero-order valence-corrected chi connectivity index (χ0v) is 19.0. The lowest BCUT2D eigenvalue weighted by Gasteiger charge is -2.12. The Balaban J connectivity index is 1.46. The quantitative estimate of drug-likeness (QED) is 0.385. The van der Waals surface area contributed by atoms with E-state index in [2.05, 4.69) is 54.1 Å². The monoisotopic (exact) mass is 447 g/mol. The van der Waals surface area contributed by atoms with Crippen LogP contribution < -0.4 is 10.1 Å². The topological polar surface area (TPSA) is 56.2 Å². The van der Waals surface area contributed by atoms with Crippen LogP contribution in [-0.4, -0.2) is 22.1 Å². The van der Waals surface area contributed by atoms with Gasteiger partial charge >= 0.3 is 0 Å². The fourth-order valence-corrected chi connectivity index (χ4v) is 3.66. The van der Waals surface area contributed by atoms with Gasteiger partial charge in [-0.15, -0.1) is 0 Å². The van der Waals surface area contributed by atoms with Crippen LogP contribution in [-0.2, 0) is 17.9 Å². The Morgan fingerprint density at radius 1 is 1.03 bits per heavy atom. The maximum atomic E-state index is 12.3. The van der Waals surface area contributed by atoms with Crippen molar-refractivity contribution in [3.63, 3.8) is 0 Å². The lowest BCUT2D eigenvalue weighted by molar-refractivity contribution is -0.123. The molecule has 0 radical (unpaired) electrons. The fraction of sp³-hybridized carbons (Fsp3) is 0.231. The third-order valence-corrected chi connectivity index (χ3v) is 5.60. The van der Waals surface area contributed by atoms with Gasteiger partial charge in [0.15, 0.2) is 6.61 Å². The molecule has 1 heterocycles. The molecule has 1 amide bonds. The van der Waals surface area contributed by atoms with Gasteiger partial charge in [0.1, 0.15) is 11.6 Å². The summed E-state index contributed by atoms with van der Waals surface area (Å²) in [6, 6.07) is 23.6. The van der Waals surface area contributed by atoms with Crippen LogP contribution in [0.15, 0.2) is 72.8 Å². The van der Waals surface area contributed by atoms with Gasteiger partial charge in [-0.1, -0.05) is 61.8 Å². The number of ether oxygens (including phenoxy) is 1. The van der Waals surface area contributed by atoms with Gasteiger partial charge in [0.25, 0.3) is 5.91 Å². The zero-order valence-electron chi connectivity index (χ0n) is 18.2. The van der Waals surface area contributed by atoms with Gasteiger partial charge < -0.3 is 14.6 Å². The Bertz CT molecular complexity index is 1200. The average Bonchev–Trinajstić information content (AvgIpc) is 3.15. The molecule has 0 fully saturated rings. The first-order valence-electron chi connectivity index (χ1n) is 10.7. The molecule has 0 bridgehead atoms. The number of hydrogen-bond donors (Lipinski definition) is 1. The van der Waals surface area contributed by atoms with Crippen LogP contribution in [0.1, 0.15) is 36.7 Å². The van der Waals surface area contributed by atoms with Crippen LogP contribution >= 0.6 is 11.6 Å². The van der Waals surface area contributed by atoms with Crippen LogP contribution in [0.2, 0.25) is 5.02 Å². The van der Waals surface area contributed by atoms with Crippen molar-refractivity contribution in [2.24, 2.45) is 0 Å². The summed E-state index contributed by atoms with van der Waals surface area (Å²) in [6.07, 6.45) is 0. The smallest absolute Gasteiger partial charge is 0.258 e. The second-order valence-electron chi connectivity index (χ2n) is 8.02. The lowest BCUT2D eigenvalue weighted by atomic mass is 10.0. The van der Waals surface area contributed by atoms with Crippen molar-refractivity contribution in [3.05, 3.63) is 94.8 Å². The van der Waals surface area contributed by atoms with Crippen LogP contribution in [0, 0.1) is 0 Å². The minimum Gasteiger partial charge on any atom is -0.484 e.